The minimum absolute atomic E-state index is 0.149. The molecule has 0 aliphatic carbocycles. The smallest absolute Gasteiger partial charge is 0.0648 e. The first kappa shape index (κ1) is 15.6. The Morgan fingerprint density at radius 1 is 1.20 bits per heavy atom. The zero-order valence-corrected chi connectivity index (χ0v) is 12.7. The van der Waals surface area contributed by atoms with E-state index in [0.717, 1.165) is 13.0 Å². The number of halogens is 1. The van der Waals surface area contributed by atoms with Crippen molar-refractivity contribution in [2.75, 3.05) is 20.3 Å². The van der Waals surface area contributed by atoms with Crippen LogP contribution in [0.4, 0.5) is 0 Å². The third kappa shape index (κ3) is 6.71. The van der Waals surface area contributed by atoms with E-state index in [1.807, 2.05) is 13.8 Å². The molecule has 1 N–H and O–H groups in total. The van der Waals surface area contributed by atoms with Crippen molar-refractivity contribution in [3.05, 3.63) is 0 Å². The third-order valence-electron chi connectivity index (χ3n) is 2.75. The zero-order chi connectivity index (χ0) is 12.1. The van der Waals surface area contributed by atoms with E-state index in [9.17, 15) is 0 Å². The molecule has 0 aromatic heterocycles. The molecule has 15 heavy (non-hydrogen) atoms. The van der Waals surface area contributed by atoms with Crippen molar-refractivity contribution in [3.63, 3.8) is 0 Å². The fourth-order valence-electron chi connectivity index (χ4n) is 1.07. The van der Waals surface area contributed by atoms with Crippen LogP contribution < -0.4 is 0 Å². The van der Waals surface area contributed by atoms with Gasteiger partial charge in [0.05, 0.1) is 5.60 Å². The molecule has 0 amide bonds. The molecule has 92 valence electrons. The summed E-state index contributed by atoms with van der Waals surface area (Å²) in [7, 11) is 2.07. The van der Waals surface area contributed by atoms with E-state index in [1.54, 1.807) is 0 Å². The van der Waals surface area contributed by atoms with E-state index in [2.05, 4.69) is 46.9 Å². The van der Waals surface area contributed by atoms with E-state index in [4.69, 9.17) is 9.84 Å². The molecule has 0 saturated carbocycles. The second-order valence-corrected chi connectivity index (χ2v) is 6.57. The molecule has 3 nitrogen and oxygen atoms in total. The lowest BCUT2D eigenvalue weighted by atomic mass is 10.0. The summed E-state index contributed by atoms with van der Waals surface area (Å²) in [6.07, 6.45) is 1.68. The second kappa shape index (κ2) is 6.37. The van der Waals surface area contributed by atoms with Gasteiger partial charge in [-0.2, -0.15) is 0 Å². The largest absolute Gasteiger partial charge is 0.396 e. The van der Waals surface area contributed by atoms with Crippen LogP contribution in [-0.2, 0) is 4.74 Å². The van der Waals surface area contributed by atoms with Gasteiger partial charge in [-0.25, -0.2) is 3.11 Å². The highest BCUT2D eigenvalue weighted by Crippen LogP contribution is 2.22. The molecule has 0 aliphatic heterocycles. The summed E-state index contributed by atoms with van der Waals surface area (Å²) in [5.41, 5.74) is -0.0650. The molecule has 0 bridgehead atoms. The molecule has 0 aliphatic rings. The van der Waals surface area contributed by atoms with Crippen molar-refractivity contribution in [1.82, 2.24) is 3.11 Å². The molecule has 0 spiro atoms. The van der Waals surface area contributed by atoms with Crippen molar-refractivity contribution in [2.45, 2.75) is 51.7 Å². The minimum atomic E-state index is -0.214. The average Bonchev–Trinajstić information content (AvgIpc) is 2.02. The lowest BCUT2D eigenvalue weighted by Crippen LogP contribution is -2.36. The van der Waals surface area contributed by atoms with Gasteiger partial charge in [0.1, 0.15) is 0 Å². The van der Waals surface area contributed by atoms with Crippen LogP contribution in [0.5, 0.6) is 0 Å². The summed E-state index contributed by atoms with van der Waals surface area (Å²) in [5, 5.41) is 8.86. The van der Waals surface area contributed by atoms with Crippen LogP contribution in [0.3, 0.4) is 0 Å². The Labute approximate surface area is 108 Å². The van der Waals surface area contributed by atoms with Crippen molar-refractivity contribution in [3.8, 4) is 0 Å². The minimum Gasteiger partial charge on any atom is -0.396 e. The maximum absolute atomic E-state index is 8.86. The van der Waals surface area contributed by atoms with Gasteiger partial charge in [-0.15, -0.1) is 0 Å². The van der Waals surface area contributed by atoms with E-state index in [-0.39, 0.29) is 17.7 Å². The Balaban J connectivity index is 3.88. The van der Waals surface area contributed by atoms with E-state index >= 15 is 0 Å². The highest BCUT2D eigenvalue weighted by atomic mass is 127. The number of aliphatic hydroxyl groups excluding tert-OH is 1. The van der Waals surface area contributed by atoms with E-state index in [0.29, 0.717) is 6.42 Å². The van der Waals surface area contributed by atoms with E-state index in [1.165, 1.54) is 0 Å². The second-order valence-electron chi connectivity index (χ2n) is 5.12. The Kier molecular flexibility index (Phi) is 6.63. The van der Waals surface area contributed by atoms with Crippen molar-refractivity contribution in [2.24, 2.45) is 0 Å². The maximum Gasteiger partial charge on any atom is 0.0648 e. The molecular weight excluding hydrogens is 305 g/mol. The van der Waals surface area contributed by atoms with Gasteiger partial charge in [-0.3, -0.25) is 0 Å². The number of ether oxygens (including phenoxy) is 1. The van der Waals surface area contributed by atoms with E-state index < -0.39 is 0 Å². The van der Waals surface area contributed by atoms with Crippen LogP contribution in [0.2, 0.25) is 0 Å². The summed E-state index contributed by atoms with van der Waals surface area (Å²) >= 11 is 2.30. The molecule has 0 radical (unpaired) electrons. The van der Waals surface area contributed by atoms with Crippen LogP contribution in [-0.4, -0.2) is 39.6 Å². The first-order valence-electron chi connectivity index (χ1n) is 5.36. The Morgan fingerprint density at radius 2 is 1.73 bits per heavy atom. The summed E-state index contributed by atoms with van der Waals surface area (Å²) in [6, 6.07) is 0. The Morgan fingerprint density at radius 3 is 2.13 bits per heavy atom. The van der Waals surface area contributed by atoms with Gasteiger partial charge < -0.3 is 9.84 Å². The lowest BCUT2D eigenvalue weighted by molar-refractivity contribution is -0.0411. The van der Waals surface area contributed by atoms with Crippen molar-refractivity contribution in [1.29, 1.82) is 0 Å². The van der Waals surface area contributed by atoms with Gasteiger partial charge in [-0.1, -0.05) is 0 Å². The molecule has 0 fully saturated rings. The van der Waals surface area contributed by atoms with Crippen LogP contribution in [0.25, 0.3) is 0 Å². The van der Waals surface area contributed by atoms with Gasteiger partial charge in [0.25, 0.3) is 0 Å². The molecular formula is C11H24INO2. The molecule has 0 rings (SSSR count). The normalized spacial score (nSPS) is 13.6. The number of nitrogens with zero attached hydrogens (tertiary/aromatic N) is 1. The van der Waals surface area contributed by atoms with Gasteiger partial charge in [0, 0.05) is 41.6 Å². The summed E-state index contributed by atoms with van der Waals surface area (Å²) in [6.45, 7) is 9.34. The number of rotatable bonds is 7. The first-order valence-corrected chi connectivity index (χ1v) is 6.32. The van der Waals surface area contributed by atoms with Crippen LogP contribution in [0.15, 0.2) is 0 Å². The van der Waals surface area contributed by atoms with Crippen LogP contribution >= 0.6 is 22.9 Å². The van der Waals surface area contributed by atoms with Gasteiger partial charge in [-0.05, 0) is 47.6 Å². The predicted molar refractivity (Wildman–Crippen MR) is 72.2 cm³/mol. The highest BCUT2D eigenvalue weighted by Gasteiger charge is 2.24. The third-order valence-corrected chi connectivity index (χ3v) is 4.06. The summed E-state index contributed by atoms with van der Waals surface area (Å²) in [4.78, 5) is 0. The zero-order valence-electron chi connectivity index (χ0n) is 10.5. The first-order chi connectivity index (χ1) is 6.71. The van der Waals surface area contributed by atoms with Crippen LogP contribution in [0, 0.1) is 0 Å². The van der Waals surface area contributed by atoms with Gasteiger partial charge in [0.15, 0.2) is 0 Å². The molecule has 4 heteroatoms. The fraction of sp³-hybridized carbons (Fsp3) is 1.00. The van der Waals surface area contributed by atoms with Gasteiger partial charge in [0.2, 0.25) is 0 Å². The molecule has 0 saturated heterocycles. The summed E-state index contributed by atoms with van der Waals surface area (Å²) in [5.74, 6) is 0. The highest BCUT2D eigenvalue weighted by molar-refractivity contribution is 14.1. The topological polar surface area (TPSA) is 32.7 Å². The number of hydrogen-bond acceptors (Lipinski definition) is 3. The Bertz CT molecular complexity index is 181. The standard InChI is InChI=1S/C11H24INO2/c1-10(2,13(5)12)7-9-15-11(3,4)6-8-14/h14H,6-9H2,1-5H3. The average molecular weight is 329 g/mol. The fourth-order valence-corrected chi connectivity index (χ4v) is 1.31. The summed E-state index contributed by atoms with van der Waals surface area (Å²) < 4.78 is 7.94. The molecule has 0 aromatic rings. The van der Waals surface area contributed by atoms with Gasteiger partial charge >= 0.3 is 0 Å². The molecule has 0 aromatic carbocycles. The molecule has 0 atom stereocenters. The Hall–Kier alpha value is 0.610. The predicted octanol–water partition coefficient (Wildman–Crippen LogP) is 2.61. The monoisotopic (exact) mass is 329 g/mol. The quantitative estimate of drug-likeness (QED) is 0.576. The lowest BCUT2D eigenvalue weighted by Gasteiger charge is -2.32. The maximum atomic E-state index is 8.86. The van der Waals surface area contributed by atoms with Crippen molar-refractivity contribution < 1.29 is 9.84 Å². The van der Waals surface area contributed by atoms with Crippen molar-refractivity contribution >= 4 is 22.9 Å². The molecule has 0 unspecified atom stereocenters. The number of aliphatic hydroxyl groups is 1. The SMILES string of the molecule is CN(I)C(C)(C)CCOC(C)(C)CCO. The van der Waals surface area contributed by atoms with Crippen LogP contribution in [0.1, 0.15) is 40.5 Å². The molecule has 0 heterocycles. The number of hydrogen-bond donors (Lipinski definition) is 1.